The number of hydrogen-bond acceptors (Lipinski definition) is 4. The molecule has 0 aliphatic heterocycles. The van der Waals surface area contributed by atoms with Gasteiger partial charge < -0.3 is 19.2 Å². The van der Waals surface area contributed by atoms with E-state index >= 15 is 0 Å². The van der Waals surface area contributed by atoms with Crippen LogP contribution >= 0.6 is 0 Å². The van der Waals surface area contributed by atoms with Gasteiger partial charge >= 0.3 is 0 Å². The molecule has 0 fully saturated rings. The van der Waals surface area contributed by atoms with Crippen molar-refractivity contribution in [3.8, 4) is 28.6 Å². The van der Waals surface area contributed by atoms with Crippen molar-refractivity contribution in [2.45, 2.75) is 27.2 Å². The fourth-order valence-electron chi connectivity index (χ4n) is 2.77. The maximum atomic E-state index is 5.80. The van der Waals surface area contributed by atoms with Gasteiger partial charge in [-0.15, -0.1) is 0 Å². The van der Waals surface area contributed by atoms with Crippen molar-refractivity contribution >= 4 is 11.0 Å². The van der Waals surface area contributed by atoms with Gasteiger partial charge in [0, 0.05) is 5.56 Å². The summed E-state index contributed by atoms with van der Waals surface area (Å²) < 4.78 is 16.8. The minimum absolute atomic E-state index is 0.606. The summed E-state index contributed by atoms with van der Waals surface area (Å²) in [5, 5.41) is 0. The molecule has 1 N–H and O–H groups in total. The molecule has 0 unspecified atom stereocenters. The molecule has 25 heavy (non-hydrogen) atoms. The average Bonchev–Trinajstić information content (AvgIpc) is 3.02. The number of imidazole rings is 1. The summed E-state index contributed by atoms with van der Waals surface area (Å²) in [5.41, 5.74) is 5.32. The van der Waals surface area contributed by atoms with Crippen molar-refractivity contribution in [1.29, 1.82) is 0 Å². The van der Waals surface area contributed by atoms with Crippen molar-refractivity contribution in [3.05, 3.63) is 35.4 Å². The molecule has 0 amide bonds. The number of aryl methyl sites for hydroxylation is 2. The van der Waals surface area contributed by atoms with Crippen molar-refractivity contribution < 1.29 is 14.2 Å². The predicted molar refractivity (Wildman–Crippen MR) is 99.9 cm³/mol. The lowest BCUT2D eigenvalue weighted by atomic mass is 10.1. The molecule has 2 aromatic carbocycles. The van der Waals surface area contributed by atoms with Crippen molar-refractivity contribution in [2.24, 2.45) is 0 Å². The fraction of sp³-hybridized carbons (Fsp3) is 0.350. The van der Waals surface area contributed by atoms with Crippen LogP contribution in [0.3, 0.4) is 0 Å². The Morgan fingerprint density at radius 3 is 2.20 bits per heavy atom. The molecular formula is C20H24N2O3. The minimum Gasteiger partial charge on any atom is -0.493 e. The van der Waals surface area contributed by atoms with Crippen LogP contribution in [0.25, 0.3) is 22.4 Å². The zero-order valence-electron chi connectivity index (χ0n) is 15.4. The van der Waals surface area contributed by atoms with Gasteiger partial charge in [0.05, 0.1) is 31.9 Å². The highest BCUT2D eigenvalue weighted by atomic mass is 16.5. The molecule has 0 saturated carbocycles. The van der Waals surface area contributed by atoms with E-state index in [-0.39, 0.29) is 0 Å². The highest BCUT2D eigenvalue weighted by Gasteiger charge is 2.17. The second-order valence-corrected chi connectivity index (χ2v) is 6.10. The Morgan fingerprint density at radius 1 is 0.960 bits per heavy atom. The lowest BCUT2D eigenvalue weighted by molar-refractivity contribution is 0.275. The van der Waals surface area contributed by atoms with E-state index in [1.165, 1.54) is 11.1 Å². The molecule has 0 spiro atoms. The molecule has 132 valence electrons. The lowest BCUT2D eigenvalue weighted by Crippen LogP contribution is -2.01. The Bertz CT molecular complexity index is 835. The number of rotatable bonds is 6. The minimum atomic E-state index is 0.606. The third kappa shape index (κ3) is 3.27. The topological polar surface area (TPSA) is 56.4 Å². The van der Waals surface area contributed by atoms with Crippen LogP contribution in [0, 0.1) is 13.8 Å². The van der Waals surface area contributed by atoms with E-state index in [9.17, 15) is 0 Å². The maximum Gasteiger partial charge on any atom is 0.203 e. The van der Waals surface area contributed by atoms with Gasteiger partial charge in [-0.1, -0.05) is 6.92 Å². The molecule has 0 radical (unpaired) electrons. The van der Waals surface area contributed by atoms with E-state index in [0.29, 0.717) is 23.9 Å². The zero-order valence-corrected chi connectivity index (χ0v) is 15.4. The largest absolute Gasteiger partial charge is 0.493 e. The molecule has 3 rings (SSSR count). The second kappa shape index (κ2) is 7.05. The Morgan fingerprint density at radius 2 is 1.60 bits per heavy atom. The van der Waals surface area contributed by atoms with Crippen molar-refractivity contribution in [2.75, 3.05) is 20.8 Å². The number of H-pyrrole nitrogens is 1. The summed E-state index contributed by atoms with van der Waals surface area (Å²) in [4.78, 5) is 8.10. The van der Waals surface area contributed by atoms with E-state index in [4.69, 9.17) is 19.2 Å². The summed E-state index contributed by atoms with van der Waals surface area (Å²) in [5.74, 6) is 2.67. The number of ether oxygens (including phenoxy) is 3. The number of methoxy groups -OCH3 is 2. The van der Waals surface area contributed by atoms with Crippen LogP contribution < -0.4 is 14.2 Å². The van der Waals surface area contributed by atoms with Crippen LogP contribution in [0.2, 0.25) is 0 Å². The molecule has 0 bridgehead atoms. The molecule has 0 aliphatic carbocycles. The first-order valence-electron chi connectivity index (χ1n) is 8.43. The average molecular weight is 340 g/mol. The number of fused-ring (bicyclic) bond motifs is 1. The van der Waals surface area contributed by atoms with Gasteiger partial charge in [-0.2, -0.15) is 0 Å². The molecule has 3 aromatic rings. The van der Waals surface area contributed by atoms with E-state index in [1.54, 1.807) is 14.2 Å². The molecule has 5 nitrogen and oxygen atoms in total. The number of aromatic amines is 1. The Labute approximate surface area is 147 Å². The van der Waals surface area contributed by atoms with Crippen LogP contribution in [0.15, 0.2) is 24.3 Å². The van der Waals surface area contributed by atoms with Crippen LogP contribution in [-0.4, -0.2) is 30.8 Å². The Balaban J connectivity index is 2.10. The van der Waals surface area contributed by atoms with E-state index < -0.39 is 0 Å². The highest BCUT2D eigenvalue weighted by Crippen LogP contribution is 2.41. The first kappa shape index (κ1) is 17.1. The third-order valence-corrected chi connectivity index (χ3v) is 4.28. The van der Waals surface area contributed by atoms with E-state index in [2.05, 4.69) is 37.9 Å². The Hall–Kier alpha value is -2.69. The van der Waals surface area contributed by atoms with Crippen LogP contribution in [0.1, 0.15) is 24.5 Å². The predicted octanol–water partition coefficient (Wildman–Crippen LogP) is 4.65. The quantitative estimate of drug-likeness (QED) is 0.709. The van der Waals surface area contributed by atoms with Gasteiger partial charge in [0.15, 0.2) is 11.5 Å². The smallest absolute Gasteiger partial charge is 0.203 e. The maximum absolute atomic E-state index is 5.80. The zero-order chi connectivity index (χ0) is 18.0. The molecule has 0 atom stereocenters. The first-order valence-corrected chi connectivity index (χ1v) is 8.43. The summed E-state index contributed by atoms with van der Waals surface area (Å²) in [6.07, 6.45) is 0.913. The van der Waals surface area contributed by atoms with Gasteiger partial charge in [0.1, 0.15) is 5.82 Å². The standard InChI is InChI=1S/C20H24N2O3/c1-6-7-25-19-17(23-4)10-14(11-18(19)24-5)20-21-15-8-12(2)13(3)9-16(15)22-20/h8-11H,6-7H2,1-5H3,(H,21,22). The van der Waals surface area contributed by atoms with Gasteiger partial charge in [0.2, 0.25) is 5.75 Å². The van der Waals surface area contributed by atoms with Crippen LogP contribution in [-0.2, 0) is 0 Å². The SMILES string of the molecule is CCCOc1c(OC)cc(-c2nc3cc(C)c(C)cc3[nH]2)cc1OC. The second-order valence-electron chi connectivity index (χ2n) is 6.10. The number of hydrogen-bond donors (Lipinski definition) is 1. The fourth-order valence-corrected chi connectivity index (χ4v) is 2.77. The summed E-state index contributed by atoms with van der Waals surface area (Å²) in [6, 6.07) is 8.06. The normalized spacial score (nSPS) is 10.9. The summed E-state index contributed by atoms with van der Waals surface area (Å²) in [7, 11) is 3.26. The van der Waals surface area contributed by atoms with E-state index in [0.717, 1.165) is 28.8 Å². The monoisotopic (exact) mass is 340 g/mol. The van der Waals surface area contributed by atoms with Crippen LogP contribution in [0.5, 0.6) is 17.2 Å². The van der Waals surface area contributed by atoms with Crippen molar-refractivity contribution in [1.82, 2.24) is 9.97 Å². The van der Waals surface area contributed by atoms with Gasteiger partial charge in [-0.3, -0.25) is 0 Å². The Kier molecular flexibility index (Phi) is 4.83. The van der Waals surface area contributed by atoms with Gasteiger partial charge in [-0.25, -0.2) is 4.98 Å². The molecule has 0 aliphatic rings. The van der Waals surface area contributed by atoms with Gasteiger partial charge in [0.25, 0.3) is 0 Å². The molecule has 1 heterocycles. The van der Waals surface area contributed by atoms with Crippen LogP contribution in [0.4, 0.5) is 0 Å². The molecule has 1 aromatic heterocycles. The third-order valence-electron chi connectivity index (χ3n) is 4.28. The van der Waals surface area contributed by atoms with Gasteiger partial charge in [-0.05, 0) is 55.7 Å². The number of nitrogens with one attached hydrogen (secondary N) is 1. The van der Waals surface area contributed by atoms with E-state index in [1.807, 2.05) is 12.1 Å². The summed E-state index contributed by atoms with van der Waals surface area (Å²) in [6.45, 7) is 6.86. The first-order chi connectivity index (χ1) is 12.1. The lowest BCUT2D eigenvalue weighted by Gasteiger charge is -2.15. The number of nitrogens with zero attached hydrogens (tertiary/aromatic N) is 1. The number of benzene rings is 2. The summed E-state index contributed by atoms with van der Waals surface area (Å²) >= 11 is 0. The highest BCUT2D eigenvalue weighted by molar-refractivity contribution is 5.81. The molecule has 5 heteroatoms. The molecule has 0 saturated heterocycles. The number of aromatic nitrogens is 2. The molecular weight excluding hydrogens is 316 g/mol. The van der Waals surface area contributed by atoms with Crippen molar-refractivity contribution in [3.63, 3.8) is 0 Å².